The molecule has 0 aliphatic carbocycles. The van der Waals surface area contributed by atoms with Crippen LogP contribution in [0.25, 0.3) is 11.0 Å². The van der Waals surface area contributed by atoms with Gasteiger partial charge in [0.25, 0.3) is 0 Å². The Morgan fingerprint density at radius 3 is 2.62 bits per heavy atom. The number of para-hydroxylation sites is 1. The minimum absolute atomic E-state index is 0.132. The number of imidazole rings is 1. The Bertz CT molecular complexity index is 617. The highest BCUT2D eigenvalue weighted by atomic mass is 35.5. The molecule has 1 aromatic heterocycles. The molecule has 0 saturated heterocycles. The molecule has 3 nitrogen and oxygen atoms in total. The van der Waals surface area contributed by atoms with Crippen molar-refractivity contribution in [2.75, 3.05) is 0 Å². The van der Waals surface area contributed by atoms with E-state index in [0.29, 0.717) is 5.88 Å². The second-order valence-corrected chi connectivity index (χ2v) is 6.82. The monoisotopic (exact) mass is 308 g/mol. The SMILES string of the molecule is CCC(C)(C)Cn1c(CCl)nc2c(OC(C)C)cccc21. The van der Waals surface area contributed by atoms with E-state index >= 15 is 0 Å². The molecule has 0 radical (unpaired) electrons. The van der Waals surface area contributed by atoms with Crippen LogP contribution in [0, 0.1) is 5.41 Å². The van der Waals surface area contributed by atoms with Crippen LogP contribution >= 0.6 is 11.6 Å². The van der Waals surface area contributed by atoms with Crippen molar-refractivity contribution in [2.45, 2.75) is 59.6 Å². The van der Waals surface area contributed by atoms with Crippen molar-refractivity contribution in [1.82, 2.24) is 9.55 Å². The van der Waals surface area contributed by atoms with Gasteiger partial charge in [0.15, 0.2) is 0 Å². The topological polar surface area (TPSA) is 27.1 Å². The van der Waals surface area contributed by atoms with E-state index in [9.17, 15) is 0 Å². The van der Waals surface area contributed by atoms with E-state index in [-0.39, 0.29) is 11.5 Å². The van der Waals surface area contributed by atoms with Gasteiger partial charge in [-0.3, -0.25) is 0 Å². The number of hydrogen-bond acceptors (Lipinski definition) is 2. The number of benzene rings is 1. The van der Waals surface area contributed by atoms with E-state index in [0.717, 1.165) is 35.6 Å². The summed E-state index contributed by atoms with van der Waals surface area (Å²) >= 11 is 6.11. The van der Waals surface area contributed by atoms with Crippen LogP contribution in [0.2, 0.25) is 0 Å². The standard InChI is InChI=1S/C17H25ClN2O/c1-6-17(4,5)11-20-13-8-7-9-14(21-12(2)3)16(13)19-15(20)10-18/h7-9,12H,6,10-11H2,1-5H3. The molecule has 0 spiro atoms. The fourth-order valence-corrected chi connectivity index (χ4v) is 2.54. The molecule has 1 aromatic carbocycles. The zero-order valence-electron chi connectivity index (χ0n) is 13.6. The molecule has 0 atom stereocenters. The number of nitrogens with zero attached hydrogens (tertiary/aromatic N) is 2. The van der Waals surface area contributed by atoms with Crippen molar-refractivity contribution in [3.63, 3.8) is 0 Å². The lowest BCUT2D eigenvalue weighted by atomic mass is 9.90. The molecule has 0 aliphatic heterocycles. The van der Waals surface area contributed by atoms with Gasteiger partial charge in [0.2, 0.25) is 0 Å². The number of fused-ring (bicyclic) bond motifs is 1. The van der Waals surface area contributed by atoms with Gasteiger partial charge < -0.3 is 9.30 Å². The largest absolute Gasteiger partial charge is 0.489 e. The molecule has 2 aromatic rings. The van der Waals surface area contributed by atoms with Crippen LogP contribution in [0.1, 0.15) is 46.9 Å². The highest BCUT2D eigenvalue weighted by Crippen LogP contribution is 2.31. The number of halogens is 1. The Balaban J connectivity index is 2.54. The van der Waals surface area contributed by atoms with Crippen LogP contribution in [0.3, 0.4) is 0 Å². The molecule has 21 heavy (non-hydrogen) atoms. The quantitative estimate of drug-likeness (QED) is 0.702. The Labute approximate surface area is 132 Å². The van der Waals surface area contributed by atoms with Gasteiger partial charge >= 0.3 is 0 Å². The van der Waals surface area contributed by atoms with E-state index in [1.54, 1.807) is 0 Å². The van der Waals surface area contributed by atoms with E-state index in [1.807, 2.05) is 26.0 Å². The molecule has 0 bridgehead atoms. The summed E-state index contributed by atoms with van der Waals surface area (Å²) in [6.07, 6.45) is 1.24. The van der Waals surface area contributed by atoms with Crippen molar-refractivity contribution in [3.8, 4) is 5.75 Å². The average Bonchev–Trinajstić information content (AvgIpc) is 2.77. The Morgan fingerprint density at radius 1 is 1.33 bits per heavy atom. The van der Waals surface area contributed by atoms with Crippen LogP contribution in [0.5, 0.6) is 5.75 Å². The summed E-state index contributed by atoms with van der Waals surface area (Å²) in [5, 5.41) is 0. The molecular formula is C17H25ClN2O. The first-order valence-electron chi connectivity index (χ1n) is 7.58. The van der Waals surface area contributed by atoms with Crippen molar-refractivity contribution in [3.05, 3.63) is 24.0 Å². The summed E-state index contributed by atoms with van der Waals surface area (Å²) in [7, 11) is 0. The van der Waals surface area contributed by atoms with E-state index in [4.69, 9.17) is 21.3 Å². The highest BCUT2D eigenvalue weighted by Gasteiger charge is 2.21. The molecule has 2 rings (SSSR count). The number of alkyl halides is 1. The fourth-order valence-electron chi connectivity index (χ4n) is 2.34. The summed E-state index contributed by atoms with van der Waals surface area (Å²) in [5.41, 5.74) is 2.22. The van der Waals surface area contributed by atoms with Crippen LogP contribution in [-0.4, -0.2) is 15.7 Å². The molecule has 0 aliphatic rings. The van der Waals surface area contributed by atoms with Crippen LogP contribution in [-0.2, 0) is 12.4 Å². The Kier molecular flexibility index (Phi) is 4.82. The summed E-state index contributed by atoms with van der Waals surface area (Å²) in [6, 6.07) is 6.09. The predicted molar refractivity (Wildman–Crippen MR) is 89.1 cm³/mol. The number of aromatic nitrogens is 2. The predicted octanol–water partition coefficient (Wildman–Crippen LogP) is 5.00. The van der Waals surface area contributed by atoms with Crippen LogP contribution in [0.15, 0.2) is 18.2 Å². The van der Waals surface area contributed by atoms with Gasteiger partial charge in [0.05, 0.1) is 17.5 Å². The third-order valence-corrected chi connectivity index (χ3v) is 4.09. The van der Waals surface area contributed by atoms with Gasteiger partial charge in [0, 0.05) is 6.54 Å². The summed E-state index contributed by atoms with van der Waals surface area (Å²) in [6.45, 7) is 11.7. The highest BCUT2D eigenvalue weighted by molar-refractivity contribution is 6.16. The van der Waals surface area contributed by atoms with Gasteiger partial charge in [-0.05, 0) is 37.8 Å². The van der Waals surface area contributed by atoms with Crippen molar-refractivity contribution in [2.24, 2.45) is 5.41 Å². The van der Waals surface area contributed by atoms with Gasteiger partial charge in [-0.25, -0.2) is 4.98 Å². The third-order valence-electron chi connectivity index (χ3n) is 3.85. The van der Waals surface area contributed by atoms with Crippen molar-refractivity contribution < 1.29 is 4.74 Å². The van der Waals surface area contributed by atoms with Gasteiger partial charge in [-0.2, -0.15) is 0 Å². The summed E-state index contributed by atoms with van der Waals surface area (Å²) < 4.78 is 8.11. The molecule has 116 valence electrons. The first-order chi connectivity index (χ1) is 9.88. The molecule has 0 saturated carbocycles. The zero-order valence-corrected chi connectivity index (χ0v) is 14.4. The van der Waals surface area contributed by atoms with E-state index in [2.05, 4.69) is 31.4 Å². The Morgan fingerprint density at radius 2 is 2.05 bits per heavy atom. The first-order valence-corrected chi connectivity index (χ1v) is 8.12. The maximum Gasteiger partial charge on any atom is 0.147 e. The number of hydrogen-bond donors (Lipinski definition) is 0. The minimum Gasteiger partial charge on any atom is -0.489 e. The van der Waals surface area contributed by atoms with Crippen molar-refractivity contribution in [1.29, 1.82) is 0 Å². The zero-order chi connectivity index (χ0) is 15.6. The second kappa shape index (κ2) is 6.27. The lowest BCUT2D eigenvalue weighted by Crippen LogP contribution is -2.19. The number of ether oxygens (including phenoxy) is 1. The molecule has 1 heterocycles. The van der Waals surface area contributed by atoms with E-state index < -0.39 is 0 Å². The van der Waals surface area contributed by atoms with Crippen LogP contribution in [0.4, 0.5) is 0 Å². The lowest BCUT2D eigenvalue weighted by Gasteiger charge is -2.24. The maximum atomic E-state index is 6.11. The van der Waals surface area contributed by atoms with Crippen molar-refractivity contribution >= 4 is 22.6 Å². The Hall–Kier alpha value is -1.22. The molecule has 0 N–H and O–H groups in total. The van der Waals surface area contributed by atoms with Gasteiger partial charge in [-0.1, -0.05) is 26.8 Å². The first kappa shape index (κ1) is 16.2. The smallest absolute Gasteiger partial charge is 0.147 e. The molecule has 0 unspecified atom stereocenters. The molecular weight excluding hydrogens is 284 g/mol. The molecule has 0 amide bonds. The van der Waals surface area contributed by atoms with Gasteiger partial charge in [0.1, 0.15) is 17.1 Å². The number of rotatable bonds is 6. The lowest BCUT2D eigenvalue weighted by molar-refractivity contribution is 0.245. The average molecular weight is 309 g/mol. The molecule has 0 fully saturated rings. The normalized spacial score (nSPS) is 12.3. The summed E-state index contributed by atoms with van der Waals surface area (Å²) in [4.78, 5) is 4.71. The van der Waals surface area contributed by atoms with Crippen LogP contribution < -0.4 is 4.74 Å². The second-order valence-electron chi connectivity index (χ2n) is 6.56. The van der Waals surface area contributed by atoms with E-state index in [1.165, 1.54) is 0 Å². The van der Waals surface area contributed by atoms with Gasteiger partial charge in [-0.15, -0.1) is 11.6 Å². The third kappa shape index (κ3) is 3.52. The maximum absolute atomic E-state index is 6.11. The fraction of sp³-hybridized carbons (Fsp3) is 0.588. The summed E-state index contributed by atoms with van der Waals surface area (Å²) in [5.74, 6) is 2.16. The minimum atomic E-state index is 0.132. The molecule has 4 heteroatoms.